The van der Waals surface area contributed by atoms with Crippen LogP contribution in [0.15, 0.2) is 47.1 Å². The fraction of sp³-hybridized carbons (Fsp3) is 0.333. The molecule has 4 amide bonds. The molecule has 0 spiro atoms. The maximum atomic E-state index is 15.2. The SMILES string of the molecule is O=C1CCC(N2Cc3cc(C4CCN(C(=O)c5ccc6ccoc6c5)CC4)c(F)cc3C2=O)C(=O)N1. The van der Waals surface area contributed by atoms with E-state index in [0.717, 1.165) is 5.39 Å². The van der Waals surface area contributed by atoms with Crippen molar-refractivity contribution < 1.29 is 28.0 Å². The highest BCUT2D eigenvalue weighted by molar-refractivity contribution is 6.05. The number of furan rings is 1. The number of benzene rings is 2. The molecule has 184 valence electrons. The van der Waals surface area contributed by atoms with E-state index in [9.17, 15) is 19.2 Å². The number of carbonyl (C=O) groups is 4. The highest BCUT2D eigenvalue weighted by Crippen LogP contribution is 2.35. The zero-order chi connectivity index (χ0) is 25.0. The van der Waals surface area contributed by atoms with Crippen molar-refractivity contribution in [2.75, 3.05) is 13.1 Å². The molecule has 4 heterocycles. The maximum absolute atomic E-state index is 15.2. The van der Waals surface area contributed by atoms with Gasteiger partial charge >= 0.3 is 0 Å². The lowest BCUT2D eigenvalue weighted by molar-refractivity contribution is -0.136. The smallest absolute Gasteiger partial charge is 0.255 e. The fourth-order valence-electron chi connectivity index (χ4n) is 5.59. The predicted octanol–water partition coefficient (Wildman–Crippen LogP) is 3.35. The van der Waals surface area contributed by atoms with E-state index < -0.39 is 17.8 Å². The molecule has 1 atom stereocenters. The first kappa shape index (κ1) is 22.5. The van der Waals surface area contributed by atoms with Crippen molar-refractivity contribution in [2.45, 2.75) is 44.2 Å². The first-order valence-corrected chi connectivity index (χ1v) is 12.1. The molecule has 36 heavy (non-hydrogen) atoms. The van der Waals surface area contributed by atoms with Gasteiger partial charge in [0.2, 0.25) is 11.8 Å². The average molecular weight is 490 g/mol. The maximum Gasteiger partial charge on any atom is 0.255 e. The first-order chi connectivity index (χ1) is 17.4. The minimum atomic E-state index is -0.733. The van der Waals surface area contributed by atoms with E-state index in [2.05, 4.69) is 5.32 Å². The minimum Gasteiger partial charge on any atom is -0.464 e. The summed E-state index contributed by atoms with van der Waals surface area (Å²) in [5.41, 5.74) is 2.72. The average Bonchev–Trinajstić information content (AvgIpc) is 3.47. The molecule has 0 aliphatic carbocycles. The van der Waals surface area contributed by atoms with Crippen LogP contribution in [0.25, 0.3) is 11.0 Å². The number of imide groups is 1. The summed E-state index contributed by atoms with van der Waals surface area (Å²) in [7, 11) is 0. The van der Waals surface area contributed by atoms with Gasteiger partial charge < -0.3 is 14.2 Å². The van der Waals surface area contributed by atoms with Gasteiger partial charge in [0.05, 0.1) is 6.26 Å². The second-order valence-corrected chi connectivity index (χ2v) is 9.67. The van der Waals surface area contributed by atoms with Crippen LogP contribution in [-0.2, 0) is 16.1 Å². The van der Waals surface area contributed by atoms with Crippen LogP contribution in [0.4, 0.5) is 4.39 Å². The molecule has 1 aromatic heterocycles. The monoisotopic (exact) mass is 489 g/mol. The van der Waals surface area contributed by atoms with Crippen LogP contribution in [0.1, 0.15) is 63.4 Å². The van der Waals surface area contributed by atoms with Crippen LogP contribution in [-0.4, -0.2) is 52.6 Å². The lowest BCUT2D eigenvalue weighted by Crippen LogP contribution is -2.52. The molecule has 3 aliphatic rings. The summed E-state index contributed by atoms with van der Waals surface area (Å²) in [6.07, 6.45) is 3.24. The van der Waals surface area contributed by atoms with Gasteiger partial charge in [0.25, 0.3) is 11.8 Å². The summed E-state index contributed by atoms with van der Waals surface area (Å²) in [5, 5.41) is 3.21. The summed E-state index contributed by atoms with van der Waals surface area (Å²) < 4.78 is 20.6. The molecule has 6 rings (SSSR count). The van der Waals surface area contributed by atoms with Gasteiger partial charge in [-0.3, -0.25) is 24.5 Å². The molecule has 9 heteroatoms. The topological polar surface area (TPSA) is 99.9 Å². The number of likely N-dealkylation sites (tertiary alicyclic amines) is 1. The Morgan fingerprint density at radius 3 is 2.61 bits per heavy atom. The molecule has 2 saturated heterocycles. The number of fused-ring (bicyclic) bond motifs is 2. The van der Waals surface area contributed by atoms with Crippen LogP contribution in [0, 0.1) is 5.82 Å². The van der Waals surface area contributed by atoms with Crippen LogP contribution < -0.4 is 5.32 Å². The Hall–Kier alpha value is -4.01. The van der Waals surface area contributed by atoms with Gasteiger partial charge in [-0.2, -0.15) is 0 Å². The number of halogens is 1. The number of nitrogens with zero attached hydrogens (tertiary/aromatic N) is 2. The second kappa shape index (κ2) is 8.58. The van der Waals surface area contributed by atoms with Crippen molar-refractivity contribution in [3.8, 4) is 0 Å². The number of piperidine rings is 2. The van der Waals surface area contributed by atoms with Crippen molar-refractivity contribution in [2.24, 2.45) is 0 Å². The van der Waals surface area contributed by atoms with Gasteiger partial charge in [0, 0.05) is 42.6 Å². The zero-order valence-corrected chi connectivity index (χ0v) is 19.5. The van der Waals surface area contributed by atoms with Crippen LogP contribution in [0.3, 0.4) is 0 Å². The molecule has 3 aromatic rings. The van der Waals surface area contributed by atoms with E-state index in [4.69, 9.17) is 4.42 Å². The van der Waals surface area contributed by atoms with E-state index in [1.54, 1.807) is 29.4 Å². The normalized spacial score (nSPS) is 20.7. The molecule has 2 fully saturated rings. The Morgan fingerprint density at radius 1 is 1.03 bits per heavy atom. The molecule has 0 bridgehead atoms. The van der Waals surface area contributed by atoms with E-state index in [-0.39, 0.29) is 48.6 Å². The van der Waals surface area contributed by atoms with Gasteiger partial charge in [-0.05, 0) is 60.6 Å². The number of rotatable bonds is 3. The van der Waals surface area contributed by atoms with Crippen LogP contribution in [0.5, 0.6) is 0 Å². The number of amides is 4. The van der Waals surface area contributed by atoms with E-state index in [1.165, 1.54) is 11.0 Å². The molecular weight excluding hydrogens is 465 g/mol. The largest absolute Gasteiger partial charge is 0.464 e. The Kier molecular flexibility index (Phi) is 5.35. The molecular formula is C27H24FN3O5. The molecule has 8 nitrogen and oxygen atoms in total. The molecule has 2 aromatic carbocycles. The van der Waals surface area contributed by atoms with E-state index in [0.29, 0.717) is 48.2 Å². The highest BCUT2D eigenvalue weighted by atomic mass is 19.1. The van der Waals surface area contributed by atoms with Crippen molar-refractivity contribution in [3.63, 3.8) is 0 Å². The number of hydrogen-bond donors (Lipinski definition) is 1. The summed E-state index contributed by atoms with van der Waals surface area (Å²) in [6, 6.07) is 9.52. The standard InChI is InChI=1S/C27H24FN3O5/c28-21-13-20-18(14-31(27(20)35)22-3-4-24(32)29-25(22)33)11-19(21)15-5-8-30(9-6-15)26(34)17-2-1-16-7-10-36-23(16)12-17/h1-2,7,10-13,15,22H,3-6,8-9,14H2,(H,29,32,33). The molecule has 1 N–H and O–H groups in total. The van der Waals surface area contributed by atoms with Crippen LogP contribution >= 0.6 is 0 Å². The third-order valence-corrected chi connectivity index (χ3v) is 7.57. The Balaban J connectivity index is 1.15. The van der Waals surface area contributed by atoms with E-state index >= 15 is 4.39 Å². The zero-order valence-electron chi connectivity index (χ0n) is 19.5. The van der Waals surface area contributed by atoms with Crippen molar-refractivity contribution in [3.05, 3.63) is 70.7 Å². The Labute approximate surface area is 206 Å². The summed E-state index contributed by atoms with van der Waals surface area (Å²) >= 11 is 0. The lowest BCUT2D eigenvalue weighted by atomic mass is 9.87. The molecule has 0 saturated carbocycles. The van der Waals surface area contributed by atoms with Gasteiger partial charge in [-0.1, -0.05) is 12.1 Å². The number of carbonyl (C=O) groups excluding carboxylic acids is 4. The summed E-state index contributed by atoms with van der Waals surface area (Å²) in [6.45, 7) is 1.20. The van der Waals surface area contributed by atoms with Crippen molar-refractivity contribution in [1.82, 2.24) is 15.1 Å². The van der Waals surface area contributed by atoms with E-state index in [1.807, 2.05) is 12.1 Å². The number of hydrogen-bond acceptors (Lipinski definition) is 5. The van der Waals surface area contributed by atoms with Crippen LogP contribution in [0.2, 0.25) is 0 Å². The predicted molar refractivity (Wildman–Crippen MR) is 127 cm³/mol. The second-order valence-electron chi connectivity index (χ2n) is 9.67. The minimum absolute atomic E-state index is 0.0772. The fourth-order valence-corrected chi connectivity index (χ4v) is 5.59. The van der Waals surface area contributed by atoms with Gasteiger partial charge in [0.1, 0.15) is 17.4 Å². The third kappa shape index (κ3) is 3.75. The molecule has 3 aliphatic heterocycles. The third-order valence-electron chi connectivity index (χ3n) is 7.57. The lowest BCUT2D eigenvalue weighted by Gasteiger charge is -2.32. The summed E-state index contributed by atoms with van der Waals surface area (Å²) in [5.74, 6) is -1.83. The quantitative estimate of drug-likeness (QED) is 0.569. The Morgan fingerprint density at radius 2 is 1.83 bits per heavy atom. The Bertz CT molecular complexity index is 1420. The highest BCUT2D eigenvalue weighted by Gasteiger charge is 2.40. The first-order valence-electron chi connectivity index (χ1n) is 12.1. The van der Waals surface area contributed by atoms with Gasteiger partial charge in [0.15, 0.2) is 0 Å². The molecule has 1 unspecified atom stereocenters. The number of nitrogens with one attached hydrogen (secondary N) is 1. The van der Waals surface area contributed by atoms with Crippen molar-refractivity contribution in [1.29, 1.82) is 0 Å². The van der Waals surface area contributed by atoms with Crippen molar-refractivity contribution >= 4 is 34.6 Å². The summed E-state index contributed by atoms with van der Waals surface area (Å²) in [4.78, 5) is 52.9. The van der Waals surface area contributed by atoms with Gasteiger partial charge in [-0.25, -0.2) is 4.39 Å². The van der Waals surface area contributed by atoms with Gasteiger partial charge in [-0.15, -0.1) is 0 Å². The molecule has 0 radical (unpaired) electrons.